The largest absolute Gasteiger partial charge is 0.326 e. The Hall–Kier alpha value is -0.420. The number of rotatable bonds is 4. The standard InChI is InChI=1S/C16H26BrN3/c1-12(18)16(13-5-4-6-14(17)11-13)20(3)15-7-9-19(2)10-8-15/h4-6,11-12,15-16H,7-10,18H2,1-3H3. The summed E-state index contributed by atoms with van der Waals surface area (Å²) in [5.74, 6) is 0. The van der Waals surface area contributed by atoms with Gasteiger partial charge in [-0.05, 0) is 64.6 Å². The van der Waals surface area contributed by atoms with Gasteiger partial charge in [0.05, 0.1) is 0 Å². The molecule has 2 unspecified atom stereocenters. The van der Waals surface area contributed by atoms with E-state index in [1.807, 2.05) is 0 Å². The average molecular weight is 340 g/mol. The van der Waals surface area contributed by atoms with E-state index in [1.54, 1.807) is 0 Å². The molecule has 2 rings (SSSR count). The molecule has 1 aromatic rings. The Morgan fingerprint density at radius 3 is 2.55 bits per heavy atom. The summed E-state index contributed by atoms with van der Waals surface area (Å²) in [6.45, 7) is 4.47. The van der Waals surface area contributed by atoms with E-state index >= 15 is 0 Å². The van der Waals surface area contributed by atoms with Crippen molar-refractivity contribution in [2.75, 3.05) is 27.2 Å². The number of hydrogen-bond acceptors (Lipinski definition) is 3. The summed E-state index contributed by atoms with van der Waals surface area (Å²) in [6, 6.07) is 9.56. The van der Waals surface area contributed by atoms with Crippen LogP contribution in [0.5, 0.6) is 0 Å². The number of nitrogens with zero attached hydrogens (tertiary/aromatic N) is 2. The Labute approximate surface area is 131 Å². The number of halogens is 1. The van der Waals surface area contributed by atoms with Crippen molar-refractivity contribution >= 4 is 15.9 Å². The van der Waals surface area contributed by atoms with E-state index in [2.05, 4.69) is 71.0 Å². The summed E-state index contributed by atoms with van der Waals surface area (Å²) < 4.78 is 1.12. The summed E-state index contributed by atoms with van der Waals surface area (Å²) >= 11 is 3.57. The maximum absolute atomic E-state index is 6.29. The highest BCUT2D eigenvalue weighted by atomic mass is 79.9. The molecule has 2 N–H and O–H groups in total. The first kappa shape index (κ1) is 16.0. The van der Waals surface area contributed by atoms with Crippen molar-refractivity contribution in [3.8, 4) is 0 Å². The fourth-order valence-electron chi connectivity index (χ4n) is 3.23. The van der Waals surface area contributed by atoms with Crippen LogP contribution < -0.4 is 5.73 Å². The molecule has 4 heteroatoms. The molecule has 20 heavy (non-hydrogen) atoms. The predicted molar refractivity (Wildman–Crippen MR) is 88.8 cm³/mol. The molecular formula is C16H26BrN3. The van der Waals surface area contributed by atoms with Gasteiger partial charge in [-0.15, -0.1) is 0 Å². The van der Waals surface area contributed by atoms with Crippen molar-refractivity contribution in [1.82, 2.24) is 9.80 Å². The minimum absolute atomic E-state index is 0.119. The minimum atomic E-state index is 0.119. The summed E-state index contributed by atoms with van der Waals surface area (Å²) in [5.41, 5.74) is 7.59. The number of benzene rings is 1. The van der Waals surface area contributed by atoms with Crippen molar-refractivity contribution < 1.29 is 0 Å². The maximum Gasteiger partial charge on any atom is 0.0496 e. The van der Waals surface area contributed by atoms with Crippen LogP contribution in [-0.4, -0.2) is 49.1 Å². The van der Waals surface area contributed by atoms with Gasteiger partial charge in [0, 0.05) is 22.6 Å². The van der Waals surface area contributed by atoms with Gasteiger partial charge in [0.15, 0.2) is 0 Å². The fraction of sp³-hybridized carbons (Fsp3) is 0.625. The minimum Gasteiger partial charge on any atom is -0.326 e. The summed E-state index contributed by atoms with van der Waals surface area (Å²) in [4.78, 5) is 4.89. The quantitative estimate of drug-likeness (QED) is 0.915. The van der Waals surface area contributed by atoms with Gasteiger partial charge in [0.2, 0.25) is 0 Å². The van der Waals surface area contributed by atoms with Crippen LogP contribution in [0.15, 0.2) is 28.7 Å². The Morgan fingerprint density at radius 2 is 2.00 bits per heavy atom. The number of likely N-dealkylation sites (tertiary alicyclic amines) is 1. The Balaban J connectivity index is 2.16. The molecule has 0 spiro atoms. The van der Waals surface area contributed by atoms with Gasteiger partial charge in [0.1, 0.15) is 0 Å². The van der Waals surface area contributed by atoms with Gasteiger partial charge in [-0.25, -0.2) is 0 Å². The van der Waals surface area contributed by atoms with E-state index < -0.39 is 0 Å². The highest BCUT2D eigenvalue weighted by Gasteiger charge is 2.29. The smallest absolute Gasteiger partial charge is 0.0496 e. The summed E-state index contributed by atoms with van der Waals surface area (Å²) in [7, 11) is 4.43. The van der Waals surface area contributed by atoms with Gasteiger partial charge in [-0.2, -0.15) is 0 Å². The molecule has 1 fully saturated rings. The second kappa shape index (κ2) is 7.03. The normalized spacial score (nSPS) is 21.1. The summed E-state index contributed by atoms with van der Waals surface area (Å²) in [6.07, 6.45) is 2.45. The highest BCUT2D eigenvalue weighted by molar-refractivity contribution is 9.10. The van der Waals surface area contributed by atoms with Crippen molar-refractivity contribution in [2.45, 2.75) is 37.9 Å². The molecule has 1 heterocycles. The molecule has 1 aliphatic heterocycles. The number of nitrogens with two attached hydrogens (primary N) is 1. The van der Waals surface area contributed by atoms with E-state index in [0.717, 1.165) is 4.47 Å². The van der Waals surface area contributed by atoms with Crippen molar-refractivity contribution in [3.63, 3.8) is 0 Å². The molecule has 0 radical (unpaired) electrons. The van der Waals surface area contributed by atoms with Crippen LogP contribution in [0.4, 0.5) is 0 Å². The second-order valence-corrected chi connectivity index (χ2v) is 6.97. The number of hydrogen-bond donors (Lipinski definition) is 1. The molecule has 0 bridgehead atoms. The lowest BCUT2D eigenvalue weighted by atomic mass is 9.95. The van der Waals surface area contributed by atoms with Crippen molar-refractivity contribution in [2.24, 2.45) is 5.73 Å². The zero-order chi connectivity index (χ0) is 14.7. The Morgan fingerprint density at radius 1 is 1.35 bits per heavy atom. The van der Waals surface area contributed by atoms with Crippen LogP contribution in [0, 0.1) is 0 Å². The first-order valence-electron chi connectivity index (χ1n) is 7.40. The van der Waals surface area contributed by atoms with E-state index in [9.17, 15) is 0 Å². The van der Waals surface area contributed by atoms with Gasteiger partial charge in [-0.1, -0.05) is 28.1 Å². The first-order valence-corrected chi connectivity index (χ1v) is 8.20. The lowest BCUT2D eigenvalue weighted by Gasteiger charge is -2.41. The van der Waals surface area contributed by atoms with Gasteiger partial charge >= 0.3 is 0 Å². The molecule has 1 aromatic carbocycles. The topological polar surface area (TPSA) is 32.5 Å². The lowest BCUT2D eigenvalue weighted by Crippen LogP contribution is -2.47. The van der Waals surface area contributed by atoms with Crippen LogP contribution in [0.2, 0.25) is 0 Å². The molecular weight excluding hydrogens is 314 g/mol. The van der Waals surface area contributed by atoms with E-state index in [1.165, 1.54) is 31.5 Å². The van der Waals surface area contributed by atoms with Crippen LogP contribution in [-0.2, 0) is 0 Å². The zero-order valence-corrected chi connectivity index (χ0v) is 14.3. The number of likely N-dealkylation sites (N-methyl/N-ethyl adjacent to an activating group) is 1. The monoisotopic (exact) mass is 339 g/mol. The van der Waals surface area contributed by atoms with Gasteiger partial charge in [0.25, 0.3) is 0 Å². The van der Waals surface area contributed by atoms with Gasteiger partial charge in [-0.3, -0.25) is 4.90 Å². The van der Waals surface area contributed by atoms with Crippen LogP contribution in [0.1, 0.15) is 31.4 Å². The first-order chi connectivity index (χ1) is 9.49. The molecule has 3 nitrogen and oxygen atoms in total. The Kier molecular flexibility index (Phi) is 5.61. The Bertz CT molecular complexity index is 427. The highest BCUT2D eigenvalue weighted by Crippen LogP contribution is 2.29. The van der Waals surface area contributed by atoms with Gasteiger partial charge < -0.3 is 10.6 Å². The van der Waals surface area contributed by atoms with E-state index in [-0.39, 0.29) is 12.1 Å². The third-order valence-corrected chi connectivity index (χ3v) is 4.88. The number of piperidine rings is 1. The van der Waals surface area contributed by atoms with Crippen LogP contribution in [0.3, 0.4) is 0 Å². The molecule has 0 amide bonds. The lowest BCUT2D eigenvalue weighted by molar-refractivity contribution is 0.0969. The SMILES string of the molecule is CC(N)C(c1cccc(Br)c1)N(C)C1CCN(C)CC1. The van der Waals surface area contributed by atoms with Crippen LogP contribution >= 0.6 is 15.9 Å². The fourth-order valence-corrected chi connectivity index (χ4v) is 3.65. The molecule has 112 valence electrons. The second-order valence-electron chi connectivity index (χ2n) is 6.06. The molecule has 1 aliphatic rings. The molecule has 0 aliphatic carbocycles. The maximum atomic E-state index is 6.29. The zero-order valence-electron chi connectivity index (χ0n) is 12.7. The molecule has 0 aromatic heterocycles. The third-order valence-electron chi connectivity index (χ3n) is 4.39. The third kappa shape index (κ3) is 3.82. The van der Waals surface area contributed by atoms with Crippen molar-refractivity contribution in [3.05, 3.63) is 34.3 Å². The van der Waals surface area contributed by atoms with E-state index in [0.29, 0.717) is 6.04 Å². The predicted octanol–water partition coefficient (Wildman–Crippen LogP) is 2.86. The average Bonchev–Trinajstić information content (AvgIpc) is 2.39. The van der Waals surface area contributed by atoms with Crippen LogP contribution in [0.25, 0.3) is 0 Å². The summed E-state index contributed by atoms with van der Waals surface area (Å²) in [5, 5.41) is 0. The van der Waals surface area contributed by atoms with E-state index in [4.69, 9.17) is 5.73 Å². The molecule has 1 saturated heterocycles. The van der Waals surface area contributed by atoms with Crippen molar-refractivity contribution in [1.29, 1.82) is 0 Å². The molecule has 2 atom stereocenters. The molecule has 0 saturated carbocycles.